The van der Waals surface area contributed by atoms with E-state index in [1.165, 1.54) is 4.90 Å². The average Bonchev–Trinajstić information content (AvgIpc) is 2.92. The van der Waals surface area contributed by atoms with E-state index < -0.39 is 35.4 Å². The first-order valence-electron chi connectivity index (χ1n) is 9.29. The highest BCUT2D eigenvalue weighted by Gasteiger charge is 2.47. The molecule has 0 fully saturated rings. The van der Waals surface area contributed by atoms with Gasteiger partial charge in [-0.2, -0.15) is 0 Å². The standard InChI is InChI=1S/C22H23ClN2O4/c1-22(2,3)24-19(26)18-15-6-4-5-7-16(15)20(27)25(18)17(21(28)29)12-13-8-10-14(23)11-9-13/h4-11,17-18H,12H2,1-3H3,(H,24,26)(H,28,29)/t17-,18?/m1/s1. The van der Waals surface area contributed by atoms with E-state index in [0.29, 0.717) is 21.7 Å². The lowest BCUT2D eigenvalue weighted by Crippen LogP contribution is -2.52. The lowest BCUT2D eigenvalue weighted by molar-refractivity contribution is -0.144. The van der Waals surface area contributed by atoms with E-state index in [1.54, 1.807) is 48.5 Å². The molecular weight excluding hydrogens is 392 g/mol. The van der Waals surface area contributed by atoms with E-state index in [1.807, 2.05) is 20.8 Å². The number of benzene rings is 2. The molecule has 29 heavy (non-hydrogen) atoms. The zero-order valence-corrected chi connectivity index (χ0v) is 17.2. The van der Waals surface area contributed by atoms with E-state index in [0.717, 1.165) is 0 Å². The molecule has 6 nitrogen and oxygen atoms in total. The van der Waals surface area contributed by atoms with Crippen LogP contribution in [0.2, 0.25) is 5.02 Å². The number of hydrogen-bond donors (Lipinski definition) is 2. The number of carboxylic acid groups (broad SMARTS) is 1. The van der Waals surface area contributed by atoms with Gasteiger partial charge in [-0.05, 0) is 50.1 Å². The number of nitrogens with zero attached hydrogens (tertiary/aromatic N) is 1. The highest BCUT2D eigenvalue weighted by atomic mass is 35.5. The predicted octanol–water partition coefficient (Wildman–Crippen LogP) is 3.45. The molecule has 2 aromatic rings. The average molecular weight is 415 g/mol. The van der Waals surface area contributed by atoms with Crippen LogP contribution in [0.1, 0.15) is 48.3 Å². The number of aliphatic carboxylic acids is 1. The Morgan fingerprint density at radius 1 is 1.14 bits per heavy atom. The largest absolute Gasteiger partial charge is 0.480 e. The molecule has 1 heterocycles. The molecule has 0 bridgehead atoms. The van der Waals surface area contributed by atoms with Gasteiger partial charge in [0.1, 0.15) is 12.1 Å². The molecule has 0 saturated carbocycles. The summed E-state index contributed by atoms with van der Waals surface area (Å²) in [5.41, 5.74) is 1.05. The molecule has 2 atom stereocenters. The van der Waals surface area contributed by atoms with Crippen LogP contribution in [0.5, 0.6) is 0 Å². The zero-order valence-electron chi connectivity index (χ0n) is 16.5. The van der Waals surface area contributed by atoms with Gasteiger partial charge in [-0.15, -0.1) is 0 Å². The summed E-state index contributed by atoms with van der Waals surface area (Å²) in [5.74, 6) is -2.04. The third kappa shape index (κ3) is 4.43. The van der Waals surface area contributed by atoms with Gasteiger partial charge in [0.2, 0.25) is 5.91 Å². The SMILES string of the molecule is CC(C)(C)NC(=O)C1c2ccccc2C(=O)N1[C@H](Cc1ccc(Cl)cc1)C(=O)O. The monoisotopic (exact) mass is 414 g/mol. The molecular formula is C22H23ClN2O4. The maximum Gasteiger partial charge on any atom is 0.326 e. The molecule has 2 amide bonds. The number of fused-ring (bicyclic) bond motifs is 1. The van der Waals surface area contributed by atoms with Gasteiger partial charge in [0.05, 0.1) is 0 Å². The summed E-state index contributed by atoms with van der Waals surface area (Å²) in [6.07, 6.45) is 0.0610. The van der Waals surface area contributed by atoms with Crippen molar-refractivity contribution in [2.75, 3.05) is 0 Å². The molecule has 1 unspecified atom stereocenters. The first-order valence-corrected chi connectivity index (χ1v) is 9.67. The minimum atomic E-state index is -1.20. The van der Waals surface area contributed by atoms with Crippen molar-refractivity contribution in [3.8, 4) is 0 Å². The highest BCUT2D eigenvalue weighted by Crippen LogP contribution is 2.36. The quantitative estimate of drug-likeness (QED) is 0.784. The number of carbonyl (C=O) groups is 3. The maximum absolute atomic E-state index is 13.1. The van der Waals surface area contributed by atoms with E-state index in [2.05, 4.69) is 5.32 Å². The molecule has 3 rings (SSSR count). The highest BCUT2D eigenvalue weighted by molar-refractivity contribution is 6.30. The molecule has 2 aromatic carbocycles. The van der Waals surface area contributed by atoms with Crippen LogP contribution in [0.25, 0.3) is 0 Å². The second-order valence-electron chi connectivity index (χ2n) is 8.13. The molecule has 7 heteroatoms. The van der Waals surface area contributed by atoms with Crippen molar-refractivity contribution in [3.05, 3.63) is 70.2 Å². The fraction of sp³-hybridized carbons (Fsp3) is 0.318. The molecule has 2 N–H and O–H groups in total. The lowest BCUT2D eigenvalue weighted by atomic mass is 10.00. The van der Waals surface area contributed by atoms with Crippen LogP contribution in [0.15, 0.2) is 48.5 Å². The van der Waals surface area contributed by atoms with E-state index >= 15 is 0 Å². The normalized spacial score (nSPS) is 17.0. The Bertz CT molecular complexity index is 950. The van der Waals surface area contributed by atoms with Crippen LogP contribution >= 0.6 is 11.6 Å². The smallest absolute Gasteiger partial charge is 0.326 e. The summed E-state index contributed by atoms with van der Waals surface area (Å²) in [5, 5.41) is 13.3. The van der Waals surface area contributed by atoms with Crippen LogP contribution in [-0.2, 0) is 16.0 Å². The van der Waals surface area contributed by atoms with Gasteiger partial charge in [0.15, 0.2) is 0 Å². The van der Waals surface area contributed by atoms with Crippen LogP contribution in [0.4, 0.5) is 0 Å². The number of amides is 2. The number of carboxylic acids is 1. The Morgan fingerprint density at radius 2 is 1.76 bits per heavy atom. The molecule has 1 aliphatic heterocycles. The molecule has 0 aliphatic carbocycles. The number of carbonyl (C=O) groups excluding carboxylic acids is 2. The van der Waals surface area contributed by atoms with Gasteiger partial charge in [-0.1, -0.05) is 41.9 Å². The fourth-order valence-electron chi connectivity index (χ4n) is 3.51. The summed E-state index contributed by atoms with van der Waals surface area (Å²) in [6, 6.07) is 11.3. The molecule has 0 spiro atoms. The van der Waals surface area contributed by atoms with Crippen LogP contribution in [0.3, 0.4) is 0 Å². The molecule has 152 valence electrons. The van der Waals surface area contributed by atoms with Gasteiger partial charge >= 0.3 is 5.97 Å². The Kier molecular flexibility index (Phi) is 5.66. The summed E-state index contributed by atoms with van der Waals surface area (Å²) in [6.45, 7) is 5.50. The second-order valence-corrected chi connectivity index (χ2v) is 8.56. The Morgan fingerprint density at radius 3 is 2.34 bits per heavy atom. The van der Waals surface area contributed by atoms with E-state index in [4.69, 9.17) is 11.6 Å². The fourth-order valence-corrected chi connectivity index (χ4v) is 3.64. The summed E-state index contributed by atoms with van der Waals surface area (Å²) in [4.78, 5) is 39.6. The zero-order chi connectivity index (χ0) is 21.3. The van der Waals surface area contributed by atoms with Gasteiger partial charge in [-0.25, -0.2) is 4.79 Å². The van der Waals surface area contributed by atoms with Gasteiger partial charge in [-0.3, -0.25) is 9.59 Å². The van der Waals surface area contributed by atoms with Crippen molar-refractivity contribution in [1.29, 1.82) is 0 Å². The third-order valence-corrected chi connectivity index (χ3v) is 4.96. The van der Waals surface area contributed by atoms with E-state index in [-0.39, 0.29) is 6.42 Å². The van der Waals surface area contributed by atoms with Crippen LogP contribution < -0.4 is 5.32 Å². The number of rotatable bonds is 5. The van der Waals surface area contributed by atoms with Crippen LogP contribution in [-0.4, -0.2) is 39.4 Å². The van der Waals surface area contributed by atoms with Gasteiger partial charge in [0.25, 0.3) is 5.91 Å². The Balaban J connectivity index is 2.02. The molecule has 1 aliphatic rings. The van der Waals surface area contributed by atoms with E-state index in [9.17, 15) is 19.5 Å². The first-order chi connectivity index (χ1) is 13.6. The van der Waals surface area contributed by atoms with Crippen molar-refractivity contribution in [2.45, 2.75) is 44.8 Å². The number of halogens is 1. The Hall–Kier alpha value is -2.86. The van der Waals surface area contributed by atoms with Crippen molar-refractivity contribution < 1.29 is 19.5 Å². The minimum Gasteiger partial charge on any atom is -0.480 e. The van der Waals surface area contributed by atoms with Crippen molar-refractivity contribution in [3.63, 3.8) is 0 Å². The summed E-state index contributed by atoms with van der Waals surface area (Å²) < 4.78 is 0. The van der Waals surface area contributed by atoms with Crippen molar-refractivity contribution >= 4 is 29.4 Å². The number of nitrogens with one attached hydrogen (secondary N) is 1. The first kappa shape index (κ1) is 20.9. The van der Waals surface area contributed by atoms with Gasteiger partial charge in [0, 0.05) is 22.5 Å². The molecule has 0 saturated heterocycles. The summed E-state index contributed by atoms with van der Waals surface area (Å²) in [7, 11) is 0. The predicted molar refractivity (Wildman–Crippen MR) is 110 cm³/mol. The topological polar surface area (TPSA) is 86.7 Å². The Labute approximate surface area is 174 Å². The lowest BCUT2D eigenvalue weighted by Gasteiger charge is -2.32. The number of hydrogen-bond acceptors (Lipinski definition) is 3. The van der Waals surface area contributed by atoms with Crippen molar-refractivity contribution in [2.24, 2.45) is 0 Å². The second kappa shape index (κ2) is 7.87. The van der Waals surface area contributed by atoms with Gasteiger partial charge < -0.3 is 15.3 Å². The van der Waals surface area contributed by atoms with Crippen LogP contribution in [0, 0.1) is 0 Å². The molecule has 0 radical (unpaired) electrons. The van der Waals surface area contributed by atoms with Crippen molar-refractivity contribution in [1.82, 2.24) is 10.2 Å². The minimum absolute atomic E-state index is 0.0610. The maximum atomic E-state index is 13.1. The summed E-state index contributed by atoms with van der Waals surface area (Å²) >= 11 is 5.91. The third-order valence-electron chi connectivity index (χ3n) is 4.71. The molecule has 0 aromatic heterocycles.